The normalized spacial score (nSPS) is 10.5. The molecule has 0 radical (unpaired) electrons. The van der Waals surface area contributed by atoms with Gasteiger partial charge in [0.15, 0.2) is 0 Å². The van der Waals surface area contributed by atoms with Crippen LogP contribution >= 0.6 is 27.5 Å². The van der Waals surface area contributed by atoms with Gasteiger partial charge in [-0.3, -0.25) is 4.79 Å². The zero-order valence-electron chi connectivity index (χ0n) is 13.5. The van der Waals surface area contributed by atoms with Crippen LogP contribution in [0, 0.1) is 13.8 Å². The Kier molecular flexibility index (Phi) is 6.01. The van der Waals surface area contributed by atoms with Crippen LogP contribution in [0.4, 0.5) is 5.82 Å². The van der Waals surface area contributed by atoms with Crippen molar-refractivity contribution in [3.63, 3.8) is 0 Å². The molecule has 2 aromatic rings. The van der Waals surface area contributed by atoms with Crippen LogP contribution in [0.2, 0.25) is 5.02 Å². The third kappa shape index (κ3) is 3.96. The molecular weight excluding hydrogens is 398 g/mol. The molecule has 0 unspecified atom stereocenters. The third-order valence-corrected chi connectivity index (χ3v) is 4.83. The highest BCUT2D eigenvalue weighted by atomic mass is 79.9. The Morgan fingerprint density at radius 3 is 2.67 bits per heavy atom. The van der Waals surface area contributed by atoms with Crippen LogP contribution in [0.3, 0.4) is 0 Å². The van der Waals surface area contributed by atoms with Crippen molar-refractivity contribution in [2.24, 2.45) is 0 Å². The molecule has 0 spiro atoms. The predicted octanol–water partition coefficient (Wildman–Crippen LogP) is 3.73. The molecule has 0 saturated heterocycles. The smallest absolute Gasteiger partial charge is 0.355 e. The summed E-state index contributed by atoms with van der Waals surface area (Å²) in [6, 6.07) is 3.24. The maximum Gasteiger partial charge on any atom is 0.355 e. The number of hydrogen-bond donors (Lipinski definition) is 1. The Labute approximate surface area is 153 Å². The van der Waals surface area contributed by atoms with Gasteiger partial charge < -0.3 is 14.6 Å². The molecule has 1 amide bonds. The molecule has 2 heterocycles. The van der Waals surface area contributed by atoms with Crippen molar-refractivity contribution in [1.82, 2.24) is 9.55 Å². The predicted molar refractivity (Wildman–Crippen MR) is 95.4 cm³/mol. The molecule has 0 aliphatic carbocycles. The first kappa shape index (κ1) is 18.5. The van der Waals surface area contributed by atoms with Crippen molar-refractivity contribution in [2.45, 2.75) is 27.3 Å². The Balaban J connectivity index is 2.25. The van der Waals surface area contributed by atoms with Crippen LogP contribution in [0.5, 0.6) is 0 Å². The van der Waals surface area contributed by atoms with Crippen LogP contribution in [0.1, 0.15) is 28.7 Å². The van der Waals surface area contributed by atoms with E-state index in [2.05, 4.69) is 26.2 Å². The van der Waals surface area contributed by atoms with Crippen LogP contribution in [-0.4, -0.2) is 28.0 Å². The number of nitrogens with one attached hydrogen (secondary N) is 1. The summed E-state index contributed by atoms with van der Waals surface area (Å²) in [6.45, 7) is 5.60. The number of carbonyl (C=O) groups excluding carboxylic acids is 2. The lowest BCUT2D eigenvalue weighted by atomic mass is 10.2. The number of nitrogens with zero attached hydrogens (tertiary/aromatic N) is 2. The van der Waals surface area contributed by atoms with E-state index in [4.69, 9.17) is 16.3 Å². The Morgan fingerprint density at radius 2 is 2.08 bits per heavy atom. The van der Waals surface area contributed by atoms with E-state index in [9.17, 15) is 9.59 Å². The molecule has 128 valence electrons. The molecule has 0 fully saturated rings. The van der Waals surface area contributed by atoms with Crippen LogP contribution in [0.15, 0.2) is 22.8 Å². The highest BCUT2D eigenvalue weighted by Gasteiger charge is 2.23. The molecule has 0 bridgehead atoms. The highest BCUT2D eigenvalue weighted by molar-refractivity contribution is 9.10. The lowest BCUT2D eigenvalue weighted by Gasteiger charge is -2.11. The number of carbonyl (C=O) groups is 2. The summed E-state index contributed by atoms with van der Waals surface area (Å²) < 4.78 is 7.50. The summed E-state index contributed by atoms with van der Waals surface area (Å²) in [4.78, 5) is 28.5. The number of hydrogen-bond acceptors (Lipinski definition) is 4. The van der Waals surface area contributed by atoms with E-state index in [0.29, 0.717) is 16.5 Å². The standard InChI is InChI=1S/C16H17BrClN3O3/c1-4-24-16(23)15-9(2)14(17)10(3)21(15)8-13(22)20-12-6-5-11(18)7-19-12/h5-7H,4,8H2,1-3H3,(H,19,20,22). The number of halogens is 2. The first-order valence-corrected chi connectivity index (χ1v) is 8.46. The number of ether oxygens (including phenoxy) is 1. The maximum absolute atomic E-state index is 12.3. The monoisotopic (exact) mass is 413 g/mol. The molecule has 0 saturated carbocycles. The van der Waals surface area contributed by atoms with E-state index < -0.39 is 5.97 Å². The zero-order valence-corrected chi connectivity index (χ0v) is 15.9. The number of amides is 1. The first-order chi connectivity index (χ1) is 11.3. The quantitative estimate of drug-likeness (QED) is 0.757. The Morgan fingerprint density at radius 1 is 1.38 bits per heavy atom. The van der Waals surface area contributed by atoms with Gasteiger partial charge in [0.2, 0.25) is 5.91 Å². The van der Waals surface area contributed by atoms with E-state index in [1.165, 1.54) is 6.20 Å². The van der Waals surface area contributed by atoms with Crippen molar-refractivity contribution >= 4 is 45.2 Å². The average Bonchev–Trinajstić information content (AvgIpc) is 2.74. The van der Waals surface area contributed by atoms with Crippen LogP contribution in [-0.2, 0) is 16.1 Å². The summed E-state index contributed by atoms with van der Waals surface area (Å²) in [5.41, 5.74) is 1.87. The van der Waals surface area contributed by atoms with Crippen LogP contribution in [0.25, 0.3) is 0 Å². The van der Waals surface area contributed by atoms with E-state index in [0.717, 1.165) is 15.7 Å². The van der Waals surface area contributed by atoms with Gasteiger partial charge in [-0.15, -0.1) is 0 Å². The number of pyridine rings is 1. The van der Waals surface area contributed by atoms with Gasteiger partial charge in [-0.05, 0) is 54.4 Å². The van der Waals surface area contributed by atoms with Crippen molar-refractivity contribution in [2.75, 3.05) is 11.9 Å². The fourth-order valence-corrected chi connectivity index (χ4v) is 2.81. The lowest BCUT2D eigenvalue weighted by molar-refractivity contribution is -0.116. The van der Waals surface area contributed by atoms with E-state index in [1.807, 2.05) is 6.92 Å². The van der Waals surface area contributed by atoms with Gasteiger partial charge in [0, 0.05) is 16.4 Å². The zero-order chi connectivity index (χ0) is 17.9. The molecule has 2 aromatic heterocycles. The molecule has 0 atom stereocenters. The number of esters is 1. The fraction of sp³-hybridized carbons (Fsp3) is 0.312. The molecule has 6 nitrogen and oxygen atoms in total. The number of rotatable bonds is 5. The molecule has 0 aliphatic rings. The topological polar surface area (TPSA) is 73.2 Å². The molecule has 0 aliphatic heterocycles. The number of anilines is 1. The van der Waals surface area contributed by atoms with Crippen molar-refractivity contribution in [1.29, 1.82) is 0 Å². The van der Waals surface area contributed by atoms with Gasteiger partial charge in [-0.2, -0.15) is 0 Å². The Bertz CT molecular complexity index is 772. The van der Waals surface area contributed by atoms with E-state index in [-0.39, 0.29) is 19.1 Å². The highest BCUT2D eigenvalue weighted by Crippen LogP contribution is 2.28. The van der Waals surface area contributed by atoms with Gasteiger partial charge in [0.25, 0.3) is 0 Å². The minimum absolute atomic E-state index is 0.0310. The van der Waals surface area contributed by atoms with Gasteiger partial charge in [0.1, 0.15) is 18.1 Å². The summed E-state index contributed by atoms with van der Waals surface area (Å²) >= 11 is 9.22. The van der Waals surface area contributed by atoms with Gasteiger partial charge in [-0.25, -0.2) is 9.78 Å². The second kappa shape index (κ2) is 7.81. The van der Waals surface area contributed by atoms with Crippen molar-refractivity contribution in [3.8, 4) is 0 Å². The fourth-order valence-electron chi connectivity index (χ4n) is 2.30. The van der Waals surface area contributed by atoms with Gasteiger partial charge in [0.05, 0.1) is 11.6 Å². The largest absolute Gasteiger partial charge is 0.461 e. The van der Waals surface area contributed by atoms with E-state index >= 15 is 0 Å². The summed E-state index contributed by atoms with van der Waals surface area (Å²) in [5, 5.41) is 3.16. The second-order valence-corrected chi connectivity index (χ2v) is 6.32. The van der Waals surface area contributed by atoms with Crippen LogP contribution < -0.4 is 5.32 Å². The molecule has 1 N–H and O–H groups in total. The summed E-state index contributed by atoms with van der Waals surface area (Å²) in [5.74, 6) is -0.370. The second-order valence-electron chi connectivity index (χ2n) is 5.09. The molecule has 8 heteroatoms. The molecular formula is C16H17BrClN3O3. The summed E-state index contributed by atoms with van der Waals surface area (Å²) in [7, 11) is 0. The minimum Gasteiger partial charge on any atom is -0.461 e. The molecule has 2 rings (SSSR count). The maximum atomic E-state index is 12.3. The lowest BCUT2D eigenvalue weighted by Crippen LogP contribution is -2.23. The van der Waals surface area contributed by atoms with E-state index in [1.54, 1.807) is 30.5 Å². The van der Waals surface area contributed by atoms with Crippen molar-refractivity contribution in [3.05, 3.63) is 44.8 Å². The third-order valence-electron chi connectivity index (χ3n) is 3.44. The Hall–Kier alpha value is -1.86. The average molecular weight is 415 g/mol. The van der Waals surface area contributed by atoms with Crippen molar-refractivity contribution < 1.29 is 14.3 Å². The number of aromatic nitrogens is 2. The molecule has 0 aromatic carbocycles. The van der Waals surface area contributed by atoms with Gasteiger partial charge in [-0.1, -0.05) is 11.6 Å². The van der Waals surface area contributed by atoms with Gasteiger partial charge >= 0.3 is 5.97 Å². The first-order valence-electron chi connectivity index (χ1n) is 7.28. The molecule has 24 heavy (non-hydrogen) atoms. The SMILES string of the molecule is CCOC(=O)c1c(C)c(Br)c(C)n1CC(=O)Nc1ccc(Cl)cn1. The minimum atomic E-state index is -0.457. The summed E-state index contributed by atoms with van der Waals surface area (Å²) in [6.07, 6.45) is 1.45.